The molecule has 1 N–H and O–H groups in total. The molecule has 0 radical (unpaired) electrons. The van der Waals surface area contributed by atoms with Crippen LogP contribution in [-0.2, 0) is 4.79 Å². The van der Waals surface area contributed by atoms with Crippen LogP contribution in [0.15, 0.2) is 12.2 Å². The van der Waals surface area contributed by atoms with Crippen molar-refractivity contribution in [3.8, 4) is 0 Å². The lowest BCUT2D eigenvalue weighted by molar-refractivity contribution is -0.147. The van der Waals surface area contributed by atoms with Crippen LogP contribution in [0.3, 0.4) is 0 Å². The van der Waals surface area contributed by atoms with Crippen molar-refractivity contribution >= 4 is 5.91 Å². The monoisotopic (exact) mass is 185 g/mol. The molecule has 0 aromatic rings. The zero-order valence-electron chi connectivity index (χ0n) is 8.92. The number of hydrogen-bond acceptors (Lipinski definition) is 2. The van der Waals surface area contributed by atoms with Crippen molar-refractivity contribution in [2.45, 2.75) is 33.3 Å². The summed E-state index contributed by atoms with van der Waals surface area (Å²) in [4.78, 5) is 13.2. The Balaban J connectivity index is 4.41. The van der Waals surface area contributed by atoms with Crippen LogP contribution in [-0.4, -0.2) is 34.6 Å². The van der Waals surface area contributed by atoms with Crippen LogP contribution in [0.4, 0.5) is 0 Å². The fourth-order valence-corrected chi connectivity index (χ4v) is 1.04. The molecule has 0 fully saturated rings. The van der Waals surface area contributed by atoms with Gasteiger partial charge in [-0.1, -0.05) is 12.2 Å². The molecule has 0 bridgehead atoms. The quantitative estimate of drug-likeness (QED) is 0.668. The Hall–Kier alpha value is -0.830. The summed E-state index contributed by atoms with van der Waals surface area (Å²) < 4.78 is 0. The van der Waals surface area contributed by atoms with Crippen molar-refractivity contribution in [3.05, 3.63) is 12.2 Å². The Morgan fingerprint density at radius 1 is 1.54 bits per heavy atom. The third kappa shape index (κ3) is 4.08. The third-order valence-corrected chi connectivity index (χ3v) is 1.65. The van der Waals surface area contributed by atoms with Crippen LogP contribution in [0.5, 0.6) is 0 Å². The molecule has 0 heterocycles. The summed E-state index contributed by atoms with van der Waals surface area (Å²) in [5.41, 5.74) is -0.370. The minimum atomic E-state index is -1.29. The molecular formula is C10H19NO2. The second-order valence-electron chi connectivity index (χ2n) is 3.84. The van der Waals surface area contributed by atoms with Gasteiger partial charge in [0.2, 0.25) is 0 Å². The average Bonchev–Trinajstić information content (AvgIpc) is 1.96. The van der Waals surface area contributed by atoms with Gasteiger partial charge in [-0.2, -0.15) is 0 Å². The first kappa shape index (κ1) is 12.2. The molecule has 0 spiro atoms. The fourth-order valence-electron chi connectivity index (χ4n) is 1.04. The van der Waals surface area contributed by atoms with Gasteiger partial charge in [0, 0.05) is 13.1 Å². The molecule has 1 amide bonds. The molecule has 0 unspecified atom stereocenters. The van der Waals surface area contributed by atoms with Gasteiger partial charge in [0.25, 0.3) is 5.91 Å². The van der Waals surface area contributed by atoms with E-state index in [1.807, 2.05) is 13.8 Å². The average molecular weight is 185 g/mol. The second-order valence-corrected chi connectivity index (χ2v) is 3.84. The Bertz CT molecular complexity index is 203. The van der Waals surface area contributed by atoms with Gasteiger partial charge < -0.3 is 10.0 Å². The van der Waals surface area contributed by atoms with Crippen LogP contribution in [0.2, 0.25) is 0 Å². The predicted octanol–water partition coefficient (Wildman–Crippen LogP) is 1.18. The minimum absolute atomic E-state index is 0.252. The predicted molar refractivity (Wildman–Crippen MR) is 53.4 cm³/mol. The number of hydrogen-bond donors (Lipinski definition) is 1. The maximum absolute atomic E-state index is 11.6. The molecule has 0 atom stereocenters. The number of likely N-dealkylation sites (N-methyl/N-ethyl adjacent to an activating group) is 1. The summed E-state index contributed by atoms with van der Waals surface area (Å²) in [6, 6.07) is 0. The van der Waals surface area contributed by atoms with E-state index in [0.29, 0.717) is 13.1 Å². The number of carbonyl (C=O) groups is 1. The first-order chi connectivity index (χ1) is 5.79. The third-order valence-electron chi connectivity index (χ3n) is 1.65. The smallest absolute Gasteiger partial charge is 0.254 e. The first-order valence-electron chi connectivity index (χ1n) is 4.45. The lowest BCUT2D eigenvalue weighted by Gasteiger charge is -2.27. The van der Waals surface area contributed by atoms with Crippen LogP contribution in [0.25, 0.3) is 0 Å². The summed E-state index contributed by atoms with van der Waals surface area (Å²) in [5, 5.41) is 9.48. The van der Waals surface area contributed by atoms with Gasteiger partial charge in [0.15, 0.2) is 0 Å². The molecule has 3 nitrogen and oxygen atoms in total. The van der Waals surface area contributed by atoms with E-state index in [1.165, 1.54) is 13.8 Å². The molecule has 0 saturated heterocycles. The van der Waals surface area contributed by atoms with E-state index in [-0.39, 0.29) is 5.91 Å². The number of rotatable bonds is 4. The highest BCUT2D eigenvalue weighted by atomic mass is 16.3. The van der Waals surface area contributed by atoms with Gasteiger partial charge in [-0.15, -0.1) is 0 Å². The number of amides is 1. The zero-order chi connectivity index (χ0) is 10.6. The van der Waals surface area contributed by atoms with E-state index < -0.39 is 5.60 Å². The Morgan fingerprint density at radius 3 is 2.23 bits per heavy atom. The first-order valence-corrected chi connectivity index (χ1v) is 4.45. The van der Waals surface area contributed by atoms with E-state index in [0.717, 1.165) is 5.57 Å². The molecular weight excluding hydrogens is 166 g/mol. The lowest BCUT2D eigenvalue weighted by atomic mass is 10.1. The van der Waals surface area contributed by atoms with Crippen molar-refractivity contribution in [3.63, 3.8) is 0 Å². The van der Waals surface area contributed by atoms with Gasteiger partial charge in [-0.3, -0.25) is 4.79 Å². The number of carbonyl (C=O) groups excluding carboxylic acids is 1. The maximum Gasteiger partial charge on any atom is 0.254 e. The van der Waals surface area contributed by atoms with E-state index in [9.17, 15) is 9.90 Å². The van der Waals surface area contributed by atoms with Crippen LogP contribution in [0.1, 0.15) is 27.7 Å². The molecule has 0 aromatic heterocycles. The van der Waals surface area contributed by atoms with E-state index in [1.54, 1.807) is 4.90 Å². The largest absolute Gasteiger partial charge is 0.381 e. The fraction of sp³-hybridized carbons (Fsp3) is 0.700. The van der Waals surface area contributed by atoms with Crippen molar-refractivity contribution in [2.75, 3.05) is 13.1 Å². The Kier molecular flexibility index (Phi) is 4.14. The Morgan fingerprint density at radius 2 is 2.00 bits per heavy atom. The van der Waals surface area contributed by atoms with Crippen LogP contribution in [0, 0.1) is 0 Å². The molecule has 76 valence electrons. The highest BCUT2D eigenvalue weighted by molar-refractivity contribution is 5.84. The SMILES string of the molecule is C=C(C)CN(CC)C(=O)C(C)(C)O. The zero-order valence-corrected chi connectivity index (χ0v) is 8.92. The van der Waals surface area contributed by atoms with Gasteiger partial charge in [0.1, 0.15) is 5.60 Å². The second kappa shape index (κ2) is 4.42. The molecule has 0 aliphatic rings. The molecule has 13 heavy (non-hydrogen) atoms. The summed E-state index contributed by atoms with van der Waals surface area (Å²) in [7, 11) is 0. The number of aliphatic hydroxyl groups is 1. The van der Waals surface area contributed by atoms with Gasteiger partial charge >= 0.3 is 0 Å². The highest BCUT2D eigenvalue weighted by Crippen LogP contribution is 2.08. The molecule has 0 saturated carbocycles. The highest BCUT2D eigenvalue weighted by Gasteiger charge is 2.28. The molecule has 0 rings (SSSR count). The summed E-state index contributed by atoms with van der Waals surface area (Å²) in [6.45, 7) is 11.6. The maximum atomic E-state index is 11.6. The van der Waals surface area contributed by atoms with Crippen LogP contribution >= 0.6 is 0 Å². The normalized spacial score (nSPS) is 11.2. The number of nitrogens with zero attached hydrogens (tertiary/aromatic N) is 1. The minimum Gasteiger partial charge on any atom is -0.381 e. The van der Waals surface area contributed by atoms with Gasteiger partial charge in [-0.05, 0) is 27.7 Å². The van der Waals surface area contributed by atoms with E-state index >= 15 is 0 Å². The molecule has 0 aliphatic heterocycles. The summed E-state index contributed by atoms with van der Waals surface area (Å²) in [6.07, 6.45) is 0. The Labute approximate surface area is 80.0 Å². The molecule has 3 heteroatoms. The van der Waals surface area contributed by atoms with Gasteiger partial charge in [0.05, 0.1) is 0 Å². The molecule has 0 aliphatic carbocycles. The molecule has 0 aromatic carbocycles. The lowest BCUT2D eigenvalue weighted by Crippen LogP contribution is -2.45. The van der Waals surface area contributed by atoms with Crippen molar-refractivity contribution in [2.24, 2.45) is 0 Å². The topological polar surface area (TPSA) is 40.5 Å². The summed E-state index contributed by atoms with van der Waals surface area (Å²) in [5.74, 6) is -0.252. The van der Waals surface area contributed by atoms with E-state index in [2.05, 4.69) is 6.58 Å². The van der Waals surface area contributed by atoms with Crippen molar-refractivity contribution in [1.82, 2.24) is 4.90 Å². The standard InChI is InChI=1S/C10H19NO2/c1-6-11(7-8(2)3)9(12)10(4,5)13/h13H,2,6-7H2,1,3-5H3. The summed E-state index contributed by atoms with van der Waals surface area (Å²) >= 11 is 0. The van der Waals surface area contributed by atoms with E-state index in [4.69, 9.17) is 0 Å². The van der Waals surface area contributed by atoms with Crippen molar-refractivity contribution in [1.29, 1.82) is 0 Å². The van der Waals surface area contributed by atoms with Gasteiger partial charge in [-0.25, -0.2) is 0 Å². The van der Waals surface area contributed by atoms with Crippen molar-refractivity contribution < 1.29 is 9.90 Å². The van der Waals surface area contributed by atoms with Crippen LogP contribution < -0.4 is 0 Å².